The van der Waals surface area contributed by atoms with Crippen molar-refractivity contribution in [3.8, 4) is 0 Å². The maximum absolute atomic E-state index is 12.7. The number of halogens is 1. The summed E-state index contributed by atoms with van der Waals surface area (Å²) in [7, 11) is 0. The smallest absolute Gasteiger partial charge is 0.168 e. The predicted molar refractivity (Wildman–Crippen MR) is 108 cm³/mol. The lowest BCUT2D eigenvalue weighted by atomic mass is 9.85. The van der Waals surface area contributed by atoms with Crippen LogP contribution in [0.1, 0.15) is 54.3 Å². The normalized spacial score (nSPS) is 14.7. The Morgan fingerprint density at radius 1 is 1.30 bits per heavy atom. The van der Waals surface area contributed by atoms with E-state index >= 15 is 0 Å². The molecule has 0 unspecified atom stereocenters. The van der Waals surface area contributed by atoms with E-state index < -0.39 is 0 Å². The third kappa shape index (κ3) is 3.52. The first kappa shape index (κ1) is 18.2. The summed E-state index contributed by atoms with van der Waals surface area (Å²) in [6, 6.07) is 10.00. The number of hydrogen-bond acceptors (Lipinski definition) is 3. The van der Waals surface area contributed by atoms with Crippen LogP contribution in [0.4, 0.5) is 0 Å². The number of aliphatic hydroxyl groups excluding tert-OH is 1. The molecule has 0 bridgehead atoms. The van der Waals surface area contributed by atoms with Crippen molar-refractivity contribution in [3.05, 3.63) is 64.6 Å². The molecule has 1 aliphatic rings. The molecule has 1 fully saturated rings. The molecule has 3 aromatic rings. The molecule has 2 heterocycles. The second-order valence-corrected chi connectivity index (χ2v) is 8.43. The minimum absolute atomic E-state index is 0.0332. The number of carbonyl (C=O) groups is 1. The van der Waals surface area contributed by atoms with E-state index in [1.807, 2.05) is 50.4 Å². The summed E-state index contributed by atoms with van der Waals surface area (Å²) in [5.41, 5.74) is 3.16. The second-order valence-electron chi connectivity index (χ2n) is 8.03. The van der Waals surface area contributed by atoms with Crippen LogP contribution in [0.5, 0.6) is 0 Å². The number of aromatic nitrogens is 2. The van der Waals surface area contributed by atoms with Gasteiger partial charge in [0.05, 0.1) is 29.3 Å². The quantitative estimate of drug-likeness (QED) is 0.627. The van der Waals surface area contributed by atoms with Crippen LogP contribution in [0.2, 0.25) is 5.02 Å². The number of aliphatic hydroxyl groups is 1. The SMILES string of the molecule is CC(C)(CO)c1ccc(C(=O)Cc2cc3c(cn2)c(Cl)cn3C2CC2)cc1. The van der Waals surface area contributed by atoms with Crippen molar-refractivity contribution in [1.29, 1.82) is 0 Å². The van der Waals surface area contributed by atoms with Gasteiger partial charge in [0.1, 0.15) is 0 Å². The van der Waals surface area contributed by atoms with Gasteiger partial charge in [0.25, 0.3) is 0 Å². The fourth-order valence-electron chi connectivity index (χ4n) is 3.36. The highest BCUT2D eigenvalue weighted by Crippen LogP contribution is 2.40. The molecule has 27 heavy (non-hydrogen) atoms. The summed E-state index contributed by atoms with van der Waals surface area (Å²) in [5.74, 6) is 0.0332. The molecular weight excluding hydrogens is 360 g/mol. The lowest BCUT2D eigenvalue weighted by Crippen LogP contribution is -2.22. The molecule has 5 heteroatoms. The van der Waals surface area contributed by atoms with Crippen LogP contribution in [-0.2, 0) is 11.8 Å². The number of pyridine rings is 1. The molecule has 4 rings (SSSR count). The molecule has 1 saturated carbocycles. The standard InChI is InChI=1S/C22H23ClN2O2/c1-22(2,13-26)15-5-3-14(4-6-15)21(27)10-16-9-20-18(11-24-16)19(23)12-25(20)17-7-8-17/h3-6,9,11-12,17,26H,7-8,10,13H2,1-2H3. The number of benzene rings is 1. The van der Waals surface area contributed by atoms with Gasteiger partial charge in [-0.3, -0.25) is 9.78 Å². The Labute approximate surface area is 163 Å². The van der Waals surface area contributed by atoms with Crippen LogP contribution in [0.3, 0.4) is 0 Å². The molecule has 1 N–H and O–H groups in total. The molecule has 140 valence electrons. The van der Waals surface area contributed by atoms with E-state index in [1.54, 1.807) is 6.20 Å². The van der Waals surface area contributed by atoms with Crippen molar-refractivity contribution in [2.45, 2.75) is 44.6 Å². The maximum Gasteiger partial charge on any atom is 0.168 e. The Hall–Kier alpha value is -2.17. The third-order valence-electron chi connectivity index (χ3n) is 5.39. The summed E-state index contributed by atoms with van der Waals surface area (Å²) in [6.07, 6.45) is 6.34. The summed E-state index contributed by atoms with van der Waals surface area (Å²) >= 11 is 6.32. The van der Waals surface area contributed by atoms with Crippen LogP contribution >= 0.6 is 11.6 Å². The summed E-state index contributed by atoms with van der Waals surface area (Å²) in [6.45, 7) is 4.01. The van der Waals surface area contributed by atoms with Gasteiger partial charge in [0.2, 0.25) is 0 Å². The van der Waals surface area contributed by atoms with Crippen LogP contribution in [0.15, 0.2) is 42.7 Å². The molecule has 0 spiro atoms. The van der Waals surface area contributed by atoms with Crippen LogP contribution in [-0.4, -0.2) is 27.0 Å². The highest BCUT2D eigenvalue weighted by atomic mass is 35.5. The summed E-state index contributed by atoms with van der Waals surface area (Å²) in [5, 5.41) is 11.1. The van der Waals surface area contributed by atoms with Crippen molar-refractivity contribution in [2.24, 2.45) is 0 Å². The fourth-order valence-corrected chi connectivity index (χ4v) is 3.61. The van der Waals surface area contributed by atoms with Gasteiger partial charge in [-0.1, -0.05) is 49.7 Å². The molecule has 0 saturated heterocycles. The van der Waals surface area contributed by atoms with Crippen LogP contribution in [0.25, 0.3) is 10.9 Å². The van der Waals surface area contributed by atoms with Crippen molar-refractivity contribution in [1.82, 2.24) is 9.55 Å². The van der Waals surface area contributed by atoms with E-state index in [0.29, 0.717) is 16.6 Å². The molecule has 0 amide bonds. The molecule has 2 aromatic heterocycles. The molecular formula is C22H23ClN2O2. The van der Waals surface area contributed by atoms with Gasteiger partial charge in [0, 0.05) is 34.8 Å². The van der Waals surface area contributed by atoms with E-state index in [4.69, 9.17) is 11.6 Å². The van der Waals surface area contributed by atoms with Gasteiger partial charge in [-0.05, 0) is 24.5 Å². The van der Waals surface area contributed by atoms with E-state index in [9.17, 15) is 9.90 Å². The van der Waals surface area contributed by atoms with Crippen molar-refractivity contribution < 1.29 is 9.90 Å². The highest BCUT2D eigenvalue weighted by molar-refractivity contribution is 6.35. The van der Waals surface area contributed by atoms with E-state index in [2.05, 4.69) is 9.55 Å². The lowest BCUT2D eigenvalue weighted by molar-refractivity contribution is 0.0992. The Morgan fingerprint density at radius 3 is 2.63 bits per heavy atom. The van der Waals surface area contributed by atoms with Gasteiger partial charge in [-0.15, -0.1) is 0 Å². The zero-order valence-electron chi connectivity index (χ0n) is 15.6. The molecule has 4 nitrogen and oxygen atoms in total. The Morgan fingerprint density at radius 2 is 2.00 bits per heavy atom. The van der Waals surface area contributed by atoms with Gasteiger partial charge >= 0.3 is 0 Å². The molecule has 0 atom stereocenters. The number of hydrogen-bond donors (Lipinski definition) is 1. The van der Waals surface area contributed by atoms with Crippen LogP contribution < -0.4 is 0 Å². The average Bonchev–Trinajstić information content (AvgIpc) is 3.46. The maximum atomic E-state index is 12.7. The van der Waals surface area contributed by atoms with Gasteiger partial charge in [-0.25, -0.2) is 0 Å². The molecule has 0 radical (unpaired) electrons. The zero-order valence-corrected chi connectivity index (χ0v) is 16.3. The first-order valence-electron chi connectivity index (χ1n) is 9.28. The van der Waals surface area contributed by atoms with Gasteiger partial charge in [-0.2, -0.15) is 0 Å². The van der Waals surface area contributed by atoms with Gasteiger partial charge < -0.3 is 9.67 Å². The summed E-state index contributed by atoms with van der Waals surface area (Å²) < 4.78 is 2.21. The number of rotatable bonds is 6. The predicted octanol–water partition coefficient (Wildman–Crippen LogP) is 4.72. The van der Waals surface area contributed by atoms with Crippen molar-refractivity contribution >= 4 is 28.3 Å². The molecule has 1 aromatic carbocycles. The van der Waals surface area contributed by atoms with E-state index in [-0.39, 0.29) is 24.2 Å². The number of fused-ring (bicyclic) bond motifs is 1. The fraction of sp³-hybridized carbons (Fsp3) is 0.364. The number of nitrogens with zero attached hydrogens (tertiary/aromatic N) is 2. The van der Waals surface area contributed by atoms with E-state index in [1.165, 1.54) is 12.8 Å². The van der Waals surface area contributed by atoms with Crippen LogP contribution in [0, 0.1) is 0 Å². The topological polar surface area (TPSA) is 55.1 Å². The second kappa shape index (κ2) is 6.77. The minimum atomic E-state index is -0.318. The van der Waals surface area contributed by atoms with E-state index in [0.717, 1.165) is 22.2 Å². The average molecular weight is 383 g/mol. The number of Topliss-reactive ketones (excluding diaryl/α,β-unsaturated/α-hetero) is 1. The third-order valence-corrected chi connectivity index (χ3v) is 5.69. The lowest BCUT2D eigenvalue weighted by Gasteiger charge is -2.22. The Kier molecular flexibility index (Phi) is 4.57. The minimum Gasteiger partial charge on any atom is -0.395 e. The summed E-state index contributed by atoms with van der Waals surface area (Å²) in [4.78, 5) is 17.1. The van der Waals surface area contributed by atoms with Crippen molar-refractivity contribution in [3.63, 3.8) is 0 Å². The molecule has 1 aliphatic carbocycles. The Bertz CT molecular complexity index is 1000. The molecule has 0 aliphatic heterocycles. The first-order valence-corrected chi connectivity index (χ1v) is 9.66. The zero-order chi connectivity index (χ0) is 19.2. The number of carbonyl (C=O) groups excluding carboxylic acids is 1. The van der Waals surface area contributed by atoms with Crippen molar-refractivity contribution in [2.75, 3.05) is 6.61 Å². The first-order chi connectivity index (χ1) is 12.9. The highest BCUT2D eigenvalue weighted by Gasteiger charge is 2.26. The number of ketones is 1. The monoisotopic (exact) mass is 382 g/mol. The van der Waals surface area contributed by atoms with Gasteiger partial charge in [0.15, 0.2) is 5.78 Å². The Balaban J connectivity index is 1.56. The largest absolute Gasteiger partial charge is 0.395 e.